The number of morpholine rings is 1. The van der Waals surface area contributed by atoms with Gasteiger partial charge in [0.15, 0.2) is 0 Å². The van der Waals surface area contributed by atoms with Gasteiger partial charge in [0.05, 0.1) is 18.9 Å². The predicted molar refractivity (Wildman–Crippen MR) is 110 cm³/mol. The summed E-state index contributed by atoms with van der Waals surface area (Å²) < 4.78 is 42.6. The van der Waals surface area contributed by atoms with E-state index in [0.29, 0.717) is 43.5 Å². The maximum Gasteiger partial charge on any atom is 0.405 e. The molecule has 1 saturated heterocycles. The van der Waals surface area contributed by atoms with Crippen molar-refractivity contribution in [3.8, 4) is 11.3 Å². The molecule has 3 N–H and O–H groups in total. The number of halogens is 3. The zero-order valence-corrected chi connectivity index (χ0v) is 17.1. The first-order valence-corrected chi connectivity index (χ1v) is 9.90. The number of alkyl halides is 3. The van der Waals surface area contributed by atoms with Gasteiger partial charge in [0, 0.05) is 42.5 Å². The monoisotopic (exact) mass is 450 g/mol. The highest BCUT2D eigenvalue weighted by Gasteiger charge is 2.29. The Morgan fingerprint density at radius 3 is 2.84 bits per heavy atom. The smallest absolute Gasteiger partial charge is 0.378 e. The number of hydrogen-bond donors (Lipinski definition) is 3. The summed E-state index contributed by atoms with van der Waals surface area (Å²) in [7, 11) is 0. The Hall–Kier alpha value is -3.48. The molecule has 0 radical (unpaired) electrons. The van der Waals surface area contributed by atoms with Gasteiger partial charge in [-0.15, -0.1) is 0 Å². The van der Waals surface area contributed by atoms with E-state index < -0.39 is 24.7 Å². The Labute approximate surface area is 180 Å². The Kier molecular flexibility index (Phi) is 6.08. The van der Waals surface area contributed by atoms with Gasteiger partial charge < -0.3 is 25.3 Å². The molecule has 0 spiro atoms. The Morgan fingerprint density at radius 1 is 1.31 bits per heavy atom. The maximum atomic E-state index is 12.4. The minimum atomic E-state index is -4.49. The number of ether oxygens (including phenoxy) is 1. The van der Waals surface area contributed by atoms with Crippen molar-refractivity contribution < 1.29 is 22.7 Å². The van der Waals surface area contributed by atoms with E-state index in [0.717, 1.165) is 10.9 Å². The van der Waals surface area contributed by atoms with Crippen LogP contribution in [0.2, 0.25) is 0 Å². The summed E-state index contributed by atoms with van der Waals surface area (Å²) in [5, 5.41) is 5.41. The molecule has 0 aromatic carbocycles. The largest absolute Gasteiger partial charge is 0.405 e. The number of fused-ring (bicyclic) bond motifs is 1. The van der Waals surface area contributed by atoms with E-state index in [9.17, 15) is 18.0 Å². The molecule has 1 atom stereocenters. The van der Waals surface area contributed by atoms with Gasteiger partial charge in [0.1, 0.15) is 30.4 Å². The molecule has 1 aliphatic rings. The van der Waals surface area contributed by atoms with Crippen molar-refractivity contribution in [1.29, 1.82) is 0 Å². The van der Waals surface area contributed by atoms with Gasteiger partial charge in [0.2, 0.25) is 11.9 Å². The van der Waals surface area contributed by atoms with Gasteiger partial charge in [-0.25, -0.2) is 15.0 Å². The molecule has 0 aliphatic carbocycles. The third kappa shape index (κ3) is 5.04. The van der Waals surface area contributed by atoms with Gasteiger partial charge in [0.25, 0.3) is 0 Å². The maximum absolute atomic E-state index is 12.4. The molecule has 0 bridgehead atoms. The number of rotatable bonds is 6. The molecule has 0 saturated carbocycles. The second kappa shape index (κ2) is 8.94. The zero-order valence-electron chi connectivity index (χ0n) is 17.1. The summed E-state index contributed by atoms with van der Waals surface area (Å²) in [5.74, 6) is -0.0931. The van der Waals surface area contributed by atoms with Crippen LogP contribution in [0, 0.1) is 0 Å². The Balaban J connectivity index is 1.64. The van der Waals surface area contributed by atoms with Crippen molar-refractivity contribution in [2.45, 2.75) is 19.1 Å². The van der Waals surface area contributed by atoms with Crippen LogP contribution in [0.25, 0.3) is 22.3 Å². The van der Waals surface area contributed by atoms with Gasteiger partial charge >= 0.3 is 6.18 Å². The quantitative estimate of drug-likeness (QED) is 0.519. The van der Waals surface area contributed by atoms with Crippen LogP contribution >= 0.6 is 0 Å². The number of hydrogen-bond acceptors (Lipinski definition) is 8. The van der Waals surface area contributed by atoms with Crippen molar-refractivity contribution in [3.63, 3.8) is 0 Å². The molecule has 13 heteroatoms. The van der Waals surface area contributed by atoms with Crippen molar-refractivity contribution in [2.75, 3.05) is 43.1 Å². The molecule has 1 amide bonds. The molecule has 1 fully saturated rings. The van der Waals surface area contributed by atoms with E-state index >= 15 is 0 Å². The van der Waals surface area contributed by atoms with Gasteiger partial charge in [-0.3, -0.25) is 4.79 Å². The van der Waals surface area contributed by atoms with Gasteiger partial charge in [-0.2, -0.15) is 18.2 Å². The van der Waals surface area contributed by atoms with E-state index in [4.69, 9.17) is 4.74 Å². The van der Waals surface area contributed by atoms with Crippen molar-refractivity contribution in [1.82, 2.24) is 30.2 Å². The lowest BCUT2D eigenvalue weighted by atomic mass is 10.1. The summed E-state index contributed by atoms with van der Waals surface area (Å²) in [6.07, 6.45) is 0.335. The molecule has 3 aromatic heterocycles. The first-order chi connectivity index (χ1) is 15.3. The Bertz CT molecular complexity index is 1100. The lowest BCUT2D eigenvalue weighted by Gasteiger charge is -2.28. The number of aromatic amines is 1. The SMILES string of the molecule is C[C@H](Nc1nc(-c2c[nH]c3ncncc23)cc(N2CCOCC2)n1)C(=O)NCC(F)(F)F. The van der Waals surface area contributed by atoms with E-state index in [1.54, 1.807) is 18.5 Å². The molecule has 32 heavy (non-hydrogen) atoms. The van der Waals surface area contributed by atoms with Crippen LogP contribution in [0.15, 0.2) is 24.8 Å². The number of carbonyl (C=O) groups excluding carboxylic acids is 1. The van der Waals surface area contributed by atoms with Gasteiger partial charge in [-0.05, 0) is 6.92 Å². The molecule has 4 rings (SSSR count). The normalized spacial score (nSPS) is 15.6. The van der Waals surface area contributed by atoms with E-state index in [2.05, 4.69) is 30.2 Å². The minimum absolute atomic E-state index is 0.116. The molecule has 10 nitrogen and oxygen atoms in total. The third-order valence-corrected chi connectivity index (χ3v) is 4.88. The second-order valence-corrected chi connectivity index (χ2v) is 7.22. The first kappa shape index (κ1) is 21.7. The highest BCUT2D eigenvalue weighted by Crippen LogP contribution is 2.29. The van der Waals surface area contributed by atoms with Crippen LogP contribution in [-0.4, -0.2) is 75.9 Å². The number of amides is 1. The predicted octanol–water partition coefficient (Wildman–Crippen LogP) is 1.73. The van der Waals surface area contributed by atoms with Crippen LogP contribution in [0.5, 0.6) is 0 Å². The number of anilines is 2. The molecule has 1 aliphatic heterocycles. The lowest BCUT2D eigenvalue weighted by molar-refractivity contribution is -0.138. The Morgan fingerprint density at radius 2 is 2.09 bits per heavy atom. The average molecular weight is 450 g/mol. The summed E-state index contributed by atoms with van der Waals surface area (Å²) in [4.78, 5) is 34.4. The van der Waals surface area contributed by atoms with E-state index in [-0.39, 0.29) is 5.95 Å². The lowest BCUT2D eigenvalue weighted by Crippen LogP contribution is -2.42. The number of H-pyrrole nitrogens is 1. The third-order valence-electron chi connectivity index (χ3n) is 4.88. The van der Waals surface area contributed by atoms with E-state index in [1.165, 1.54) is 13.3 Å². The summed E-state index contributed by atoms with van der Waals surface area (Å²) >= 11 is 0. The van der Waals surface area contributed by atoms with Crippen LogP contribution in [0.4, 0.5) is 24.9 Å². The molecule has 0 unspecified atom stereocenters. The van der Waals surface area contributed by atoms with E-state index in [1.807, 2.05) is 10.2 Å². The number of nitrogens with one attached hydrogen (secondary N) is 3. The fraction of sp³-hybridized carbons (Fsp3) is 0.421. The van der Waals surface area contributed by atoms with Crippen molar-refractivity contribution in [3.05, 3.63) is 24.8 Å². The van der Waals surface area contributed by atoms with Crippen molar-refractivity contribution in [2.24, 2.45) is 0 Å². The molecule has 170 valence electrons. The molecular weight excluding hydrogens is 429 g/mol. The fourth-order valence-corrected chi connectivity index (χ4v) is 3.26. The first-order valence-electron chi connectivity index (χ1n) is 9.90. The number of nitrogens with zero attached hydrogens (tertiary/aromatic N) is 5. The summed E-state index contributed by atoms with van der Waals surface area (Å²) in [5.41, 5.74) is 1.92. The molecular formula is C19H21F3N8O2. The molecule has 4 heterocycles. The summed E-state index contributed by atoms with van der Waals surface area (Å²) in [6.45, 7) is 2.35. The van der Waals surface area contributed by atoms with Crippen LogP contribution in [-0.2, 0) is 9.53 Å². The molecule has 3 aromatic rings. The van der Waals surface area contributed by atoms with Crippen molar-refractivity contribution >= 4 is 28.7 Å². The van der Waals surface area contributed by atoms with Crippen LogP contribution < -0.4 is 15.5 Å². The zero-order chi connectivity index (χ0) is 22.7. The highest BCUT2D eigenvalue weighted by atomic mass is 19.4. The topological polar surface area (TPSA) is 121 Å². The number of carbonyl (C=O) groups is 1. The minimum Gasteiger partial charge on any atom is -0.378 e. The highest BCUT2D eigenvalue weighted by molar-refractivity contribution is 5.92. The van der Waals surface area contributed by atoms with Crippen LogP contribution in [0.3, 0.4) is 0 Å². The van der Waals surface area contributed by atoms with Gasteiger partial charge in [-0.1, -0.05) is 0 Å². The standard InChI is InChI=1S/C19H21F3N8O2/c1-11(17(31)25-9-19(20,21)22)27-18-28-14(6-15(29-18)30-2-4-32-5-3-30)12-8-24-16-13(12)7-23-10-26-16/h6-8,10-11H,2-5,9H2,1H3,(H,25,31)(H,23,24,26)(H,27,28,29)/t11-/m0/s1. The fourth-order valence-electron chi connectivity index (χ4n) is 3.26. The summed E-state index contributed by atoms with van der Waals surface area (Å²) in [6, 6.07) is 0.817. The number of aromatic nitrogens is 5. The van der Waals surface area contributed by atoms with Crippen LogP contribution in [0.1, 0.15) is 6.92 Å². The second-order valence-electron chi connectivity index (χ2n) is 7.22. The average Bonchev–Trinajstić information content (AvgIpc) is 3.21.